The number of carbonyl (C=O) groups excluding carboxylic acids is 2. The molecule has 1 aliphatic carbocycles. The molecule has 1 saturated heterocycles. The van der Waals surface area contributed by atoms with Crippen molar-refractivity contribution in [2.75, 3.05) is 18.0 Å². The molecule has 4 rings (SSSR count). The Morgan fingerprint density at radius 1 is 1.14 bits per heavy atom. The summed E-state index contributed by atoms with van der Waals surface area (Å²) in [6, 6.07) is 11.8. The number of hydrogen-bond acceptors (Lipinski definition) is 5. The lowest BCUT2D eigenvalue weighted by Gasteiger charge is -2.33. The van der Waals surface area contributed by atoms with Gasteiger partial charge in [0.1, 0.15) is 5.82 Å². The molecule has 2 aliphatic rings. The van der Waals surface area contributed by atoms with Crippen LogP contribution in [0.2, 0.25) is 0 Å². The largest absolute Gasteiger partial charge is 0.356 e. The van der Waals surface area contributed by atoms with Gasteiger partial charge in [0.15, 0.2) is 0 Å². The van der Waals surface area contributed by atoms with Gasteiger partial charge in [-0.15, -0.1) is 0 Å². The first-order chi connectivity index (χ1) is 14.1. The Bertz CT molecular complexity index is 931. The minimum atomic E-state index is -0.578. The molecule has 2 heterocycles. The molecule has 150 valence electrons. The number of benzene rings is 1. The van der Waals surface area contributed by atoms with E-state index < -0.39 is 5.91 Å². The maximum Gasteiger partial charge on any atom is 0.276 e. The minimum absolute atomic E-state index is 0.0731. The normalized spacial score (nSPS) is 16.2. The van der Waals surface area contributed by atoms with Crippen LogP contribution in [0, 0.1) is 0 Å². The minimum Gasteiger partial charge on any atom is -0.356 e. The second kappa shape index (κ2) is 8.45. The van der Waals surface area contributed by atoms with Crippen molar-refractivity contribution >= 4 is 23.2 Å². The number of hydrogen-bond donors (Lipinski definition) is 3. The van der Waals surface area contributed by atoms with Crippen LogP contribution >= 0.6 is 0 Å². The van der Waals surface area contributed by atoms with E-state index in [1.807, 2.05) is 12.1 Å². The van der Waals surface area contributed by atoms with Crippen molar-refractivity contribution < 1.29 is 14.8 Å². The van der Waals surface area contributed by atoms with Crippen molar-refractivity contribution in [1.82, 2.24) is 15.8 Å². The van der Waals surface area contributed by atoms with Gasteiger partial charge in [0.25, 0.3) is 5.91 Å². The van der Waals surface area contributed by atoms with Gasteiger partial charge in [-0.05, 0) is 48.1 Å². The van der Waals surface area contributed by atoms with Crippen LogP contribution < -0.4 is 15.7 Å². The summed E-state index contributed by atoms with van der Waals surface area (Å²) in [6.07, 6.45) is 6.63. The number of hydroxylamine groups is 1. The van der Waals surface area contributed by atoms with Gasteiger partial charge in [-0.1, -0.05) is 30.3 Å². The van der Waals surface area contributed by atoms with E-state index in [1.165, 1.54) is 17.3 Å². The van der Waals surface area contributed by atoms with E-state index in [-0.39, 0.29) is 11.9 Å². The predicted octanol–water partition coefficient (Wildman–Crippen LogP) is 2.32. The maximum atomic E-state index is 12.5. The van der Waals surface area contributed by atoms with Gasteiger partial charge in [0.05, 0.1) is 12.0 Å². The quantitative estimate of drug-likeness (QED) is 0.536. The molecule has 1 aromatic heterocycles. The first-order valence-electron chi connectivity index (χ1n) is 9.86. The third-order valence-corrected chi connectivity index (χ3v) is 5.58. The summed E-state index contributed by atoms with van der Waals surface area (Å²) in [5.41, 5.74) is 5.51. The van der Waals surface area contributed by atoms with Crippen molar-refractivity contribution in [3.63, 3.8) is 0 Å². The number of piperidine rings is 1. The monoisotopic (exact) mass is 392 g/mol. The van der Waals surface area contributed by atoms with Crippen LogP contribution in [0.3, 0.4) is 0 Å². The van der Waals surface area contributed by atoms with E-state index in [9.17, 15) is 9.59 Å². The Balaban J connectivity index is 1.27. The number of nitrogens with one attached hydrogen (secondary N) is 2. The number of aromatic nitrogens is 1. The summed E-state index contributed by atoms with van der Waals surface area (Å²) < 4.78 is 0. The van der Waals surface area contributed by atoms with Gasteiger partial charge in [0, 0.05) is 25.3 Å². The molecule has 1 aliphatic heterocycles. The second-order valence-electron chi connectivity index (χ2n) is 7.44. The Hall–Kier alpha value is -3.19. The van der Waals surface area contributed by atoms with Crippen LogP contribution in [0.25, 0.3) is 5.57 Å². The van der Waals surface area contributed by atoms with Crippen LogP contribution in [0.5, 0.6) is 0 Å². The van der Waals surface area contributed by atoms with Gasteiger partial charge in [-0.25, -0.2) is 10.5 Å². The van der Waals surface area contributed by atoms with E-state index in [2.05, 4.69) is 33.4 Å². The highest BCUT2D eigenvalue weighted by atomic mass is 16.5. The van der Waals surface area contributed by atoms with E-state index in [4.69, 9.17) is 5.21 Å². The maximum absolute atomic E-state index is 12.5. The SMILES string of the molecule is O=C(CC1=CCc2ccccc21)NC1CCN(c2ccc(C(=O)NO)cn2)CC1. The van der Waals surface area contributed by atoms with E-state index in [0.29, 0.717) is 12.0 Å². The lowest BCUT2D eigenvalue weighted by atomic mass is 10.0. The van der Waals surface area contributed by atoms with Gasteiger partial charge in [-0.2, -0.15) is 0 Å². The fourth-order valence-corrected chi connectivity index (χ4v) is 4.00. The first kappa shape index (κ1) is 19.1. The van der Waals surface area contributed by atoms with Gasteiger partial charge < -0.3 is 10.2 Å². The van der Waals surface area contributed by atoms with Crippen LogP contribution in [-0.4, -0.2) is 41.1 Å². The van der Waals surface area contributed by atoms with Crippen LogP contribution in [-0.2, 0) is 11.2 Å². The molecule has 3 N–H and O–H groups in total. The Kier molecular flexibility index (Phi) is 5.57. The summed E-state index contributed by atoms with van der Waals surface area (Å²) in [4.78, 5) is 30.3. The number of anilines is 1. The number of nitrogens with zero attached hydrogens (tertiary/aromatic N) is 2. The van der Waals surface area contributed by atoms with Gasteiger partial charge in [-0.3, -0.25) is 14.8 Å². The number of allylic oxidation sites excluding steroid dienone is 1. The molecule has 2 amide bonds. The Labute approximate surface area is 169 Å². The molecule has 0 atom stereocenters. The molecule has 0 spiro atoms. The van der Waals surface area contributed by atoms with Crippen LogP contribution in [0.1, 0.15) is 40.7 Å². The average Bonchev–Trinajstić information content (AvgIpc) is 3.16. The molecule has 1 fully saturated rings. The van der Waals surface area contributed by atoms with Crippen molar-refractivity contribution in [3.05, 3.63) is 65.4 Å². The van der Waals surface area contributed by atoms with Gasteiger partial charge >= 0.3 is 0 Å². The molecule has 0 saturated carbocycles. The number of amides is 2. The molecular formula is C22H24N4O3. The number of fused-ring (bicyclic) bond motifs is 1. The zero-order valence-electron chi connectivity index (χ0n) is 16.1. The highest BCUT2D eigenvalue weighted by Crippen LogP contribution is 2.29. The lowest BCUT2D eigenvalue weighted by molar-refractivity contribution is -0.120. The van der Waals surface area contributed by atoms with Crippen molar-refractivity contribution in [3.8, 4) is 0 Å². The summed E-state index contributed by atoms with van der Waals surface area (Å²) in [7, 11) is 0. The Morgan fingerprint density at radius 2 is 1.93 bits per heavy atom. The second-order valence-corrected chi connectivity index (χ2v) is 7.44. The van der Waals surface area contributed by atoms with Gasteiger partial charge in [0.2, 0.25) is 5.91 Å². The first-order valence-corrected chi connectivity index (χ1v) is 9.86. The standard InChI is InChI=1S/C22H24N4O3/c27-21(13-16-6-5-15-3-1-2-4-19(15)16)24-18-9-11-26(12-10-18)20-8-7-17(14-23-20)22(28)25-29/h1-4,6-8,14,18,29H,5,9-13H2,(H,24,27)(H,25,28). The smallest absolute Gasteiger partial charge is 0.276 e. The van der Waals surface area contributed by atoms with Crippen LogP contribution in [0.4, 0.5) is 5.82 Å². The van der Waals surface area contributed by atoms with Crippen molar-refractivity contribution in [2.45, 2.75) is 31.7 Å². The average molecular weight is 392 g/mol. The zero-order valence-corrected chi connectivity index (χ0v) is 16.1. The third-order valence-electron chi connectivity index (χ3n) is 5.58. The number of rotatable bonds is 5. The molecule has 0 bridgehead atoms. The number of carbonyl (C=O) groups is 2. The van der Waals surface area contributed by atoms with Crippen LogP contribution in [0.15, 0.2) is 48.7 Å². The van der Waals surface area contributed by atoms with Crippen molar-refractivity contribution in [2.24, 2.45) is 0 Å². The molecule has 0 radical (unpaired) electrons. The Morgan fingerprint density at radius 3 is 2.66 bits per heavy atom. The van der Waals surface area contributed by atoms with E-state index >= 15 is 0 Å². The molecular weight excluding hydrogens is 368 g/mol. The molecule has 0 unspecified atom stereocenters. The third kappa shape index (κ3) is 4.30. The summed E-state index contributed by atoms with van der Waals surface area (Å²) in [5, 5.41) is 11.8. The predicted molar refractivity (Wildman–Crippen MR) is 110 cm³/mol. The molecule has 2 aromatic rings. The van der Waals surface area contributed by atoms with E-state index in [0.717, 1.165) is 43.7 Å². The molecule has 7 heteroatoms. The topological polar surface area (TPSA) is 94.6 Å². The highest BCUT2D eigenvalue weighted by Gasteiger charge is 2.23. The molecule has 7 nitrogen and oxygen atoms in total. The lowest BCUT2D eigenvalue weighted by Crippen LogP contribution is -2.45. The van der Waals surface area contributed by atoms with E-state index in [1.54, 1.807) is 17.6 Å². The summed E-state index contributed by atoms with van der Waals surface area (Å²) in [6.45, 7) is 1.57. The fourth-order valence-electron chi connectivity index (χ4n) is 4.00. The number of pyridine rings is 1. The molecule has 29 heavy (non-hydrogen) atoms. The molecule has 1 aromatic carbocycles. The highest BCUT2D eigenvalue weighted by molar-refractivity contribution is 5.93. The van der Waals surface area contributed by atoms with Crippen molar-refractivity contribution in [1.29, 1.82) is 0 Å². The summed E-state index contributed by atoms with van der Waals surface area (Å²) >= 11 is 0. The fraction of sp³-hybridized carbons (Fsp3) is 0.318. The zero-order chi connectivity index (χ0) is 20.2. The summed E-state index contributed by atoms with van der Waals surface area (Å²) in [5.74, 6) is 0.284.